The van der Waals surface area contributed by atoms with E-state index in [1.807, 2.05) is 21.1 Å². The molecule has 0 rings (SSSR count). The van der Waals surface area contributed by atoms with Gasteiger partial charge in [0.05, 0.1) is 34.4 Å². The molecule has 0 aliphatic heterocycles. The van der Waals surface area contributed by atoms with E-state index in [-0.39, 0.29) is 36.2 Å². The van der Waals surface area contributed by atoms with Crippen molar-refractivity contribution in [1.82, 2.24) is 0 Å². The number of unbranched alkanes of at least 4 members (excludes halogenated alkanes) is 30. The van der Waals surface area contributed by atoms with Crippen molar-refractivity contribution >= 4 is 17.9 Å². The average Bonchev–Trinajstić information content (AvgIpc) is 3.19. The summed E-state index contributed by atoms with van der Waals surface area (Å²) in [4.78, 5) is 37.1. The molecule has 0 fully saturated rings. The molecule has 8 heteroatoms. The van der Waals surface area contributed by atoms with Crippen LogP contribution >= 0.6 is 0 Å². The van der Waals surface area contributed by atoms with Gasteiger partial charge in [-0.2, -0.15) is 0 Å². The summed E-state index contributed by atoms with van der Waals surface area (Å²) in [6, 6.07) is -0.611. The van der Waals surface area contributed by atoms with Gasteiger partial charge in [0.2, 0.25) is 0 Å². The fourth-order valence-electron chi connectivity index (χ4n) is 7.74. The number of aliphatic carboxylic acids is 1. The van der Waals surface area contributed by atoms with E-state index in [1.165, 1.54) is 173 Å². The topological polar surface area (TPSA) is 99.1 Å². The van der Waals surface area contributed by atoms with Crippen molar-refractivity contribution in [3.63, 3.8) is 0 Å². The largest absolute Gasteiger partial charge is 0.477 e. The molecule has 8 nitrogen and oxygen atoms in total. The van der Waals surface area contributed by atoms with Crippen molar-refractivity contribution in [3.05, 3.63) is 12.2 Å². The molecule has 0 radical (unpaired) electrons. The third-order valence-corrected chi connectivity index (χ3v) is 11.7. The maximum atomic E-state index is 12.8. The predicted molar refractivity (Wildman–Crippen MR) is 248 cm³/mol. The first-order valence-electron chi connectivity index (χ1n) is 25.2. The molecule has 59 heavy (non-hydrogen) atoms. The average molecular weight is 837 g/mol. The van der Waals surface area contributed by atoms with Gasteiger partial charge in [0.25, 0.3) is 0 Å². The minimum absolute atomic E-state index is 0.0461. The Hall–Kier alpha value is -1.93. The Morgan fingerprint density at radius 2 is 0.847 bits per heavy atom. The fourth-order valence-corrected chi connectivity index (χ4v) is 7.74. The van der Waals surface area contributed by atoms with Crippen LogP contribution in [0.3, 0.4) is 0 Å². The van der Waals surface area contributed by atoms with Crippen LogP contribution in [-0.2, 0) is 28.6 Å². The highest BCUT2D eigenvalue weighted by Crippen LogP contribution is 2.16. The zero-order valence-corrected chi connectivity index (χ0v) is 39.7. The summed E-state index contributed by atoms with van der Waals surface area (Å²) in [5.41, 5.74) is 0. The summed E-state index contributed by atoms with van der Waals surface area (Å²) in [6.07, 6.45) is 46.8. The van der Waals surface area contributed by atoms with Gasteiger partial charge in [-0.05, 0) is 38.5 Å². The van der Waals surface area contributed by atoms with E-state index >= 15 is 0 Å². The third-order valence-electron chi connectivity index (χ3n) is 11.7. The molecule has 0 aromatic heterocycles. The molecule has 0 spiro atoms. The smallest absolute Gasteiger partial charge is 0.362 e. The standard InChI is InChI=1S/C51H97NO7/c1-6-8-10-12-14-16-18-20-22-24-26-28-30-32-34-36-38-40-42-50(54)59-47(45-57-44-43-48(51(55)56)52(3,4)5)46-58-49(53)41-39-37-35-33-31-29-27-25-23-21-19-17-15-13-11-9-7-2/h22,24,47-48H,6-21,23,25-46H2,1-5H3/p+1/b24-22-. The number of nitrogens with zero attached hydrogens (tertiary/aromatic N) is 1. The van der Waals surface area contributed by atoms with Crippen LogP contribution in [0.25, 0.3) is 0 Å². The molecule has 0 aromatic rings. The number of carboxylic acids is 1. The van der Waals surface area contributed by atoms with E-state index in [0.29, 0.717) is 19.3 Å². The van der Waals surface area contributed by atoms with Crippen LogP contribution in [-0.4, -0.2) is 80.6 Å². The fraction of sp³-hybridized carbons (Fsp3) is 0.902. The lowest BCUT2D eigenvalue weighted by atomic mass is 10.0. The van der Waals surface area contributed by atoms with Crippen molar-refractivity contribution in [2.24, 2.45) is 0 Å². The first-order valence-corrected chi connectivity index (χ1v) is 25.2. The normalized spacial score (nSPS) is 12.9. The van der Waals surface area contributed by atoms with Crippen LogP contribution in [0, 0.1) is 0 Å². The molecule has 0 heterocycles. The van der Waals surface area contributed by atoms with Crippen LogP contribution < -0.4 is 0 Å². The van der Waals surface area contributed by atoms with Gasteiger partial charge in [0.1, 0.15) is 6.61 Å². The molecular formula is C51H98NO7+. The van der Waals surface area contributed by atoms with Gasteiger partial charge in [-0.1, -0.05) is 199 Å². The lowest BCUT2D eigenvalue weighted by molar-refractivity contribution is -0.887. The highest BCUT2D eigenvalue weighted by atomic mass is 16.6. The van der Waals surface area contributed by atoms with Crippen LogP contribution in [0.1, 0.15) is 245 Å². The summed E-state index contributed by atoms with van der Waals surface area (Å²) < 4.78 is 17.4. The highest BCUT2D eigenvalue weighted by molar-refractivity contribution is 5.72. The van der Waals surface area contributed by atoms with Crippen molar-refractivity contribution in [2.45, 2.75) is 257 Å². The Morgan fingerprint density at radius 1 is 0.492 bits per heavy atom. The van der Waals surface area contributed by atoms with Gasteiger partial charge in [-0.15, -0.1) is 0 Å². The predicted octanol–water partition coefficient (Wildman–Crippen LogP) is 14.3. The Bertz CT molecular complexity index is 978. The Labute approximate surface area is 365 Å². The van der Waals surface area contributed by atoms with E-state index < -0.39 is 18.1 Å². The van der Waals surface area contributed by atoms with E-state index in [1.54, 1.807) is 0 Å². The van der Waals surface area contributed by atoms with Gasteiger partial charge < -0.3 is 23.8 Å². The molecule has 0 saturated carbocycles. The molecule has 0 aliphatic rings. The van der Waals surface area contributed by atoms with Crippen molar-refractivity contribution in [2.75, 3.05) is 41.0 Å². The van der Waals surface area contributed by atoms with Gasteiger partial charge >= 0.3 is 17.9 Å². The summed E-state index contributed by atoms with van der Waals surface area (Å²) in [5.74, 6) is -1.45. The van der Waals surface area contributed by atoms with Crippen LogP contribution in [0.5, 0.6) is 0 Å². The SMILES string of the molecule is CCCCCCCCC/C=C\CCCCCCCCCC(=O)OC(COCCC(C(=O)O)[N+](C)(C)C)COC(=O)CCCCCCCCCCCCCCCCCCC. The van der Waals surface area contributed by atoms with Crippen LogP contribution in [0.15, 0.2) is 12.2 Å². The second kappa shape index (κ2) is 42.7. The summed E-state index contributed by atoms with van der Waals surface area (Å²) >= 11 is 0. The number of ether oxygens (including phenoxy) is 3. The van der Waals surface area contributed by atoms with Crippen LogP contribution in [0.2, 0.25) is 0 Å². The molecule has 0 bridgehead atoms. The maximum Gasteiger partial charge on any atom is 0.362 e. The number of hydrogen-bond donors (Lipinski definition) is 1. The molecule has 0 aromatic carbocycles. The first-order chi connectivity index (χ1) is 28.6. The number of quaternary nitrogens is 1. The van der Waals surface area contributed by atoms with E-state index in [2.05, 4.69) is 26.0 Å². The molecule has 348 valence electrons. The number of allylic oxidation sites excluding steroid dienone is 2. The monoisotopic (exact) mass is 837 g/mol. The molecular weight excluding hydrogens is 739 g/mol. The quantitative estimate of drug-likeness (QED) is 0.0282. The second-order valence-corrected chi connectivity index (χ2v) is 18.4. The minimum Gasteiger partial charge on any atom is -0.477 e. The van der Waals surface area contributed by atoms with Gasteiger partial charge in [0.15, 0.2) is 12.1 Å². The third kappa shape index (κ3) is 41.2. The minimum atomic E-state index is -0.871. The summed E-state index contributed by atoms with van der Waals surface area (Å²) in [5, 5.41) is 9.64. The summed E-state index contributed by atoms with van der Waals surface area (Å²) in [6.45, 7) is 4.77. The van der Waals surface area contributed by atoms with Gasteiger partial charge in [-0.25, -0.2) is 4.79 Å². The number of carbonyl (C=O) groups excluding carboxylic acids is 2. The molecule has 0 saturated heterocycles. The zero-order chi connectivity index (χ0) is 43.5. The number of rotatable bonds is 46. The van der Waals surface area contributed by atoms with Gasteiger partial charge in [-0.3, -0.25) is 9.59 Å². The summed E-state index contributed by atoms with van der Waals surface area (Å²) in [7, 11) is 5.54. The molecule has 0 aliphatic carbocycles. The van der Waals surface area contributed by atoms with Crippen molar-refractivity contribution < 1.29 is 38.2 Å². The molecule has 1 N–H and O–H groups in total. The molecule has 0 amide bonds. The van der Waals surface area contributed by atoms with E-state index in [0.717, 1.165) is 38.5 Å². The number of esters is 2. The maximum absolute atomic E-state index is 12.8. The Morgan fingerprint density at radius 3 is 1.22 bits per heavy atom. The van der Waals surface area contributed by atoms with Crippen molar-refractivity contribution in [3.8, 4) is 0 Å². The number of carboxylic acid groups (broad SMARTS) is 1. The lowest BCUT2D eigenvalue weighted by Gasteiger charge is -2.31. The van der Waals surface area contributed by atoms with Gasteiger partial charge in [0, 0.05) is 19.3 Å². The van der Waals surface area contributed by atoms with E-state index in [4.69, 9.17) is 14.2 Å². The lowest BCUT2D eigenvalue weighted by Crippen LogP contribution is -2.50. The van der Waals surface area contributed by atoms with E-state index in [9.17, 15) is 19.5 Å². The number of carbonyl (C=O) groups is 3. The Kier molecular flexibility index (Phi) is 41.3. The molecule has 2 atom stereocenters. The van der Waals surface area contributed by atoms with Crippen molar-refractivity contribution in [1.29, 1.82) is 0 Å². The van der Waals surface area contributed by atoms with Crippen LogP contribution in [0.4, 0.5) is 0 Å². The first kappa shape index (κ1) is 57.1. The number of likely N-dealkylation sites (N-methyl/N-ethyl adjacent to an activating group) is 1. The highest BCUT2D eigenvalue weighted by Gasteiger charge is 2.31. The molecule has 2 unspecified atom stereocenters. The second-order valence-electron chi connectivity index (χ2n) is 18.4. The Balaban J connectivity index is 4.24. The zero-order valence-electron chi connectivity index (χ0n) is 39.7. The number of hydrogen-bond acceptors (Lipinski definition) is 6.